The van der Waals surface area contributed by atoms with E-state index < -0.39 is 22.0 Å². The number of nitrogens with two attached hydrogens (primary N) is 1. The number of anilines is 1. The van der Waals surface area contributed by atoms with E-state index in [-0.39, 0.29) is 11.4 Å². The lowest BCUT2D eigenvalue weighted by Gasteiger charge is -2.13. The molecule has 0 aliphatic rings. The van der Waals surface area contributed by atoms with Crippen LogP contribution >= 0.6 is 0 Å². The summed E-state index contributed by atoms with van der Waals surface area (Å²) in [6.07, 6.45) is 0. The molecule has 0 saturated heterocycles. The Labute approximate surface area is 112 Å². The third kappa shape index (κ3) is 4.19. The van der Waals surface area contributed by atoms with E-state index in [1.807, 2.05) is 19.0 Å². The Bertz CT molecular complexity index is 540. The lowest BCUT2D eigenvalue weighted by Crippen LogP contribution is -2.42. The fourth-order valence-corrected chi connectivity index (χ4v) is 2.35. The summed E-state index contributed by atoms with van der Waals surface area (Å²) in [7, 11) is -0.0614. The van der Waals surface area contributed by atoms with Gasteiger partial charge in [0, 0.05) is 26.3 Å². The summed E-state index contributed by atoms with van der Waals surface area (Å²) in [6.45, 7) is -0.354. The molecular weight excluding hydrogens is 270 g/mol. The monoisotopic (exact) mass is 287 g/mol. The highest BCUT2D eigenvalue weighted by Crippen LogP contribution is 2.15. The minimum atomic E-state index is -3.74. The van der Waals surface area contributed by atoms with Crippen LogP contribution in [0.15, 0.2) is 29.2 Å². The van der Waals surface area contributed by atoms with E-state index in [0.29, 0.717) is 0 Å². The van der Waals surface area contributed by atoms with Crippen molar-refractivity contribution in [2.75, 3.05) is 25.5 Å². The van der Waals surface area contributed by atoms with Crippen molar-refractivity contribution < 1.29 is 18.3 Å². The molecule has 1 aromatic rings. The van der Waals surface area contributed by atoms with E-state index in [0.717, 1.165) is 5.69 Å². The molecule has 106 valence electrons. The van der Waals surface area contributed by atoms with Gasteiger partial charge < -0.3 is 15.7 Å². The Morgan fingerprint density at radius 3 is 2.32 bits per heavy atom. The van der Waals surface area contributed by atoms with Gasteiger partial charge >= 0.3 is 5.97 Å². The number of carboxylic acids is 1. The average Bonchev–Trinajstić information content (AvgIpc) is 2.36. The fourth-order valence-electron chi connectivity index (χ4n) is 1.29. The first kappa shape index (κ1) is 15.4. The molecule has 1 aromatic carbocycles. The summed E-state index contributed by atoms with van der Waals surface area (Å²) >= 11 is 0. The van der Waals surface area contributed by atoms with Gasteiger partial charge in [-0.3, -0.25) is 4.79 Å². The lowest BCUT2D eigenvalue weighted by molar-refractivity contribution is -0.138. The van der Waals surface area contributed by atoms with Crippen molar-refractivity contribution in [2.45, 2.75) is 10.9 Å². The van der Waals surface area contributed by atoms with Crippen LogP contribution in [-0.4, -0.2) is 46.2 Å². The van der Waals surface area contributed by atoms with Crippen LogP contribution in [0.5, 0.6) is 0 Å². The minimum Gasteiger partial charge on any atom is -0.480 e. The molecule has 0 aliphatic heterocycles. The normalized spacial score (nSPS) is 13.0. The van der Waals surface area contributed by atoms with Crippen molar-refractivity contribution in [3.05, 3.63) is 24.3 Å². The summed E-state index contributed by atoms with van der Waals surface area (Å²) in [5, 5.41) is 8.58. The van der Waals surface area contributed by atoms with Crippen molar-refractivity contribution >= 4 is 21.7 Å². The van der Waals surface area contributed by atoms with Crippen molar-refractivity contribution in [1.82, 2.24) is 4.72 Å². The van der Waals surface area contributed by atoms with Gasteiger partial charge in [-0.1, -0.05) is 0 Å². The Kier molecular flexibility index (Phi) is 4.87. The van der Waals surface area contributed by atoms with Crippen LogP contribution < -0.4 is 15.4 Å². The zero-order chi connectivity index (χ0) is 14.6. The summed E-state index contributed by atoms with van der Waals surface area (Å²) in [6, 6.07) is 4.95. The minimum absolute atomic E-state index is 0.0655. The van der Waals surface area contributed by atoms with Gasteiger partial charge in [0.1, 0.15) is 6.04 Å². The Morgan fingerprint density at radius 1 is 1.37 bits per heavy atom. The molecule has 0 spiro atoms. The van der Waals surface area contributed by atoms with Gasteiger partial charge in [-0.25, -0.2) is 13.1 Å². The quantitative estimate of drug-likeness (QED) is 0.646. The zero-order valence-electron chi connectivity index (χ0n) is 10.7. The number of nitrogens with one attached hydrogen (secondary N) is 1. The number of carboxylic acid groups (broad SMARTS) is 1. The van der Waals surface area contributed by atoms with E-state index in [2.05, 4.69) is 4.72 Å². The first-order valence-electron chi connectivity index (χ1n) is 5.49. The van der Waals surface area contributed by atoms with E-state index in [9.17, 15) is 13.2 Å². The molecule has 0 fully saturated rings. The smallest absolute Gasteiger partial charge is 0.321 e. The standard InChI is InChI=1S/C11H17N3O4S/c1-14(2)8-3-5-9(6-4-8)19(17,18)13-7-10(12)11(15)16/h3-6,10,13H,7,12H2,1-2H3,(H,15,16). The summed E-state index contributed by atoms with van der Waals surface area (Å²) < 4.78 is 25.9. The van der Waals surface area contributed by atoms with Crippen molar-refractivity contribution in [3.63, 3.8) is 0 Å². The van der Waals surface area contributed by atoms with Gasteiger partial charge in [0.15, 0.2) is 0 Å². The number of aliphatic carboxylic acids is 1. The third-order valence-corrected chi connectivity index (χ3v) is 3.91. The van der Waals surface area contributed by atoms with Crippen LogP contribution in [0.2, 0.25) is 0 Å². The predicted octanol–water partition coefficient (Wildman–Crippen LogP) is -0.557. The zero-order valence-corrected chi connectivity index (χ0v) is 11.5. The summed E-state index contributed by atoms with van der Waals surface area (Å²) in [5.41, 5.74) is 6.09. The van der Waals surface area contributed by atoms with E-state index in [1.165, 1.54) is 12.1 Å². The second-order valence-corrected chi connectivity index (χ2v) is 5.95. The Morgan fingerprint density at radius 2 is 1.89 bits per heavy atom. The molecular formula is C11H17N3O4S. The van der Waals surface area contributed by atoms with Crippen molar-refractivity contribution in [2.24, 2.45) is 5.73 Å². The van der Waals surface area contributed by atoms with Crippen LogP contribution in [0.25, 0.3) is 0 Å². The highest BCUT2D eigenvalue weighted by molar-refractivity contribution is 7.89. The maximum absolute atomic E-state index is 11.9. The molecule has 0 radical (unpaired) electrons. The van der Waals surface area contributed by atoms with Crippen LogP contribution in [0.3, 0.4) is 0 Å². The largest absolute Gasteiger partial charge is 0.480 e. The molecule has 0 heterocycles. The van der Waals surface area contributed by atoms with Crippen LogP contribution in [0.1, 0.15) is 0 Å². The molecule has 8 heteroatoms. The molecule has 0 amide bonds. The highest BCUT2D eigenvalue weighted by Gasteiger charge is 2.18. The number of nitrogens with zero attached hydrogens (tertiary/aromatic N) is 1. The Hall–Kier alpha value is -1.64. The number of carbonyl (C=O) groups is 1. The van der Waals surface area contributed by atoms with Crippen molar-refractivity contribution in [3.8, 4) is 0 Å². The van der Waals surface area contributed by atoms with E-state index >= 15 is 0 Å². The summed E-state index contributed by atoms with van der Waals surface area (Å²) in [5.74, 6) is -1.26. The number of hydrogen-bond donors (Lipinski definition) is 3. The van der Waals surface area contributed by atoms with Gasteiger partial charge in [0.05, 0.1) is 4.90 Å². The SMILES string of the molecule is CN(C)c1ccc(S(=O)(=O)NCC(N)C(=O)O)cc1. The highest BCUT2D eigenvalue weighted by atomic mass is 32.2. The Balaban J connectivity index is 2.80. The molecule has 0 aliphatic carbocycles. The van der Waals surface area contributed by atoms with Gasteiger partial charge in [-0.15, -0.1) is 0 Å². The fraction of sp³-hybridized carbons (Fsp3) is 0.364. The van der Waals surface area contributed by atoms with Crippen LogP contribution in [0, 0.1) is 0 Å². The molecule has 19 heavy (non-hydrogen) atoms. The van der Waals surface area contributed by atoms with Crippen molar-refractivity contribution in [1.29, 1.82) is 0 Å². The molecule has 1 atom stereocenters. The summed E-state index contributed by atoms with van der Waals surface area (Å²) in [4.78, 5) is 12.4. The molecule has 4 N–H and O–H groups in total. The number of hydrogen-bond acceptors (Lipinski definition) is 5. The molecule has 0 saturated carbocycles. The molecule has 1 rings (SSSR count). The van der Waals surface area contributed by atoms with Gasteiger partial charge in [0.2, 0.25) is 10.0 Å². The van der Waals surface area contributed by atoms with E-state index in [1.54, 1.807) is 12.1 Å². The van der Waals surface area contributed by atoms with Crippen LogP contribution in [0.4, 0.5) is 5.69 Å². The average molecular weight is 287 g/mol. The number of sulfonamides is 1. The molecule has 7 nitrogen and oxygen atoms in total. The number of rotatable bonds is 6. The predicted molar refractivity (Wildman–Crippen MR) is 71.6 cm³/mol. The van der Waals surface area contributed by atoms with Crippen LogP contribution in [-0.2, 0) is 14.8 Å². The van der Waals surface area contributed by atoms with Gasteiger partial charge in [-0.2, -0.15) is 0 Å². The lowest BCUT2D eigenvalue weighted by atomic mass is 10.3. The molecule has 0 bridgehead atoms. The molecule has 1 unspecified atom stereocenters. The number of benzene rings is 1. The second-order valence-electron chi connectivity index (χ2n) is 4.18. The first-order valence-corrected chi connectivity index (χ1v) is 6.98. The maximum atomic E-state index is 11.9. The van der Waals surface area contributed by atoms with Gasteiger partial charge in [0.25, 0.3) is 0 Å². The first-order chi connectivity index (χ1) is 8.74. The maximum Gasteiger partial charge on any atom is 0.321 e. The van der Waals surface area contributed by atoms with Gasteiger partial charge in [-0.05, 0) is 24.3 Å². The topological polar surface area (TPSA) is 113 Å². The van der Waals surface area contributed by atoms with E-state index in [4.69, 9.17) is 10.8 Å². The molecule has 0 aromatic heterocycles. The second kappa shape index (κ2) is 6.00. The third-order valence-electron chi connectivity index (χ3n) is 2.47.